The first-order valence-corrected chi connectivity index (χ1v) is 9.03. The molecule has 1 fully saturated rings. The SMILES string of the molecule is CC(F)(F)[C@@]1(C#CC2CC2)NC(=O)Nc2cc(Cn3ccc(C=O)n3)c(F)cc21. The van der Waals surface area contributed by atoms with Crippen LogP contribution in [0.25, 0.3) is 0 Å². The second-order valence-corrected chi connectivity index (χ2v) is 7.31. The highest BCUT2D eigenvalue weighted by molar-refractivity contribution is 5.95. The average Bonchev–Trinajstić information content (AvgIpc) is 3.37. The minimum absolute atomic E-state index is 0.0143. The van der Waals surface area contributed by atoms with E-state index < -0.39 is 23.3 Å². The molecular weight excluding hydrogens is 385 g/mol. The zero-order chi connectivity index (χ0) is 20.8. The van der Waals surface area contributed by atoms with Gasteiger partial charge in [-0.3, -0.25) is 9.48 Å². The fraction of sp³-hybridized carbons (Fsp3) is 0.350. The van der Waals surface area contributed by atoms with Crippen molar-refractivity contribution in [2.75, 3.05) is 5.32 Å². The Labute approximate surface area is 164 Å². The van der Waals surface area contributed by atoms with Crippen molar-refractivity contribution < 1.29 is 22.8 Å². The zero-order valence-corrected chi connectivity index (χ0v) is 15.4. The average molecular weight is 402 g/mol. The number of carbonyl (C=O) groups is 2. The number of anilines is 1. The molecule has 1 aliphatic heterocycles. The third-order valence-electron chi connectivity index (χ3n) is 4.95. The maximum atomic E-state index is 14.8. The molecule has 150 valence electrons. The van der Waals surface area contributed by atoms with E-state index in [0.717, 1.165) is 18.9 Å². The van der Waals surface area contributed by atoms with Crippen LogP contribution in [0.1, 0.15) is 41.4 Å². The summed E-state index contributed by atoms with van der Waals surface area (Å²) >= 11 is 0. The molecule has 29 heavy (non-hydrogen) atoms. The Morgan fingerprint density at radius 2 is 2.17 bits per heavy atom. The van der Waals surface area contributed by atoms with E-state index in [1.54, 1.807) is 0 Å². The van der Waals surface area contributed by atoms with Crippen molar-refractivity contribution in [2.45, 2.75) is 37.8 Å². The molecule has 0 radical (unpaired) electrons. The van der Waals surface area contributed by atoms with Crippen LogP contribution in [0, 0.1) is 23.6 Å². The molecule has 1 aromatic heterocycles. The van der Waals surface area contributed by atoms with E-state index in [2.05, 4.69) is 27.6 Å². The zero-order valence-electron chi connectivity index (χ0n) is 15.4. The van der Waals surface area contributed by atoms with Crippen LogP contribution in [0.15, 0.2) is 24.4 Å². The Morgan fingerprint density at radius 3 is 2.79 bits per heavy atom. The van der Waals surface area contributed by atoms with Gasteiger partial charge >= 0.3 is 6.03 Å². The van der Waals surface area contributed by atoms with Crippen molar-refractivity contribution >= 4 is 18.0 Å². The van der Waals surface area contributed by atoms with Crippen LogP contribution in [0.2, 0.25) is 0 Å². The number of urea groups is 1. The first-order valence-electron chi connectivity index (χ1n) is 9.03. The van der Waals surface area contributed by atoms with Gasteiger partial charge in [0, 0.05) is 35.9 Å². The van der Waals surface area contributed by atoms with Crippen molar-refractivity contribution in [2.24, 2.45) is 5.92 Å². The van der Waals surface area contributed by atoms with Gasteiger partial charge in [0.25, 0.3) is 5.92 Å². The van der Waals surface area contributed by atoms with Crippen molar-refractivity contribution in [1.82, 2.24) is 15.1 Å². The number of halogens is 3. The number of hydrogen-bond donors (Lipinski definition) is 2. The summed E-state index contributed by atoms with van der Waals surface area (Å²) in [6.45, 7) is 0.611. The van der Waals surface area contributed by atoms with Crippen LogP contribution in [0.3, 0.4) is 0 Å². The first kappa shape index (κ1) is 19.1. The van der Waals surface area contributed by atoms with Gasteiger partial charge < -0.3 is 10.6 Å². The summed E-state index contributed by atoms with van der Waals surface area (Å²) in [6.07, 6.45) is 3.69. The summed E-state index contributed by atoms with van der Waals surface area (Å²) in [5, 5.41) is 8.63. The predicted octanol–water partition coefficient (Wildman–Crippen LogP) is 3.28. The Morgan fingerprint density at radius 1 is 1.41 bits per heavy atom. The number of benzene rings is 1. The van der Waals surface area contributed by atoms with Crippen molar-refractivity contribution in [3.8, 4) is 11.8 Å². The molecule has 1 atom stereocenters. The van der Waals surface area contributed by atoms with Crippen molar-refractivity contribution in [1.29, 1.82) is 0 Å². The number of rotatable bonds is 4. The second-order valence-electron chi connectivity index (χ2n) is 7.31. The monoisotopic (exact) mass is 402 g/mol. The Bertz CT molecular complexity index is 1060. The lowest BCUT2D eigenvalue weighted by molar-refractivity contribution is -0.0465. The Kier molecular flexibility index (Phi) is 4.37. The molecule has 0 unspecified atom stereocenters. The highest BCUT2D eigenvalue weighted by Crippen LogP contribution is 2.44. The quantitative estimate of drug-likeness (QED) is 0.609. The summed E-state index contributed by atoms with van der Waals surface area (Å²) in [4.78, 5) is 22.9. The highest BCUT2D eigenvalue weighted by Gasteiger charge is 2.55. The number of hydrogen-bond acceptors (Lipinski definition) is 3. The number of carbonyl (C=O) groups excluding carboxylic acids is 2. The molecular formula is C20H17F3N4O2. The van der Waals surface area contributed by atoms with Gasteiger partial charge in [-0.05, 0) is 31.0 Å². The molecule has 0 spiro atoms. The minimum atomic E-state index is -3.46. The lowest BCUT2D eigenvalue weighted by Gasteiger charge is -2.40. The topological polar surface area (TPSA) is 76.0 Å². The fourth-order valence-corrected chi connectivity index (χ4v) is 3.24. The summed E-state index contributed by atoms with van der Waals surface area (Å²) in [5.74, 6) is 1.12. The molecule has 9 heteroatoms. The summed E-state index contributed by atoms with van der Waals surface area (Å²) in [5.41, 5.74) is -2.10. The molecule has 4 rings (SSSR count). The van der Waals surface area contributed by atoms with E-state index in [1.807, 2.05) is 0 Å². The third kappa shape index (κ3) is 3.46. The normalized spacial score (nSPS) is 20.8. The van der Waals surface area contributed by atoms with Crippen LogP contribution in [-0.4, -0.2) is 28.0 Å². The van der Waals surface area contributed by atoms with Gasteiger partial charge in [0.15, 0.2) is 11.8 Å². The Balaban J connectivity index is 1.80. The van der Waals surface area contributed by atoms with E-state index in [9.17, 15) is 22.8 Å². The van der Waals surface area contributed by atoms with Gasteiger partial charge in [0.05, 0.1) is 6.54 Å². The van der Waals surface area contributed by atoms with Gasteiger partial charge in [-0.2, -0.15) is 5.10 Å². The number of nitrogens with one attached hydrogen (secondary N) is 2. The maximum Gasteiger partial charge on any atom is 0.320 e. The van der Waals surface area contributed by atoms with Crippen LogP contribution < -0.4 is 10.6 Å². The van der Waals surface area contributed by atoms with Crippen LogP contribution in [0.4, 0.5) is 23.7 Å². The van der Waals surface area contributed by atoms with Gasteiger partial charge in [0.2, 0.25) is 0 Å². The smallest absolute Gasteiger partial charge is 0.312 e. The lowest BCUT2D eigenvalue weighted by atomic mass is 9.81. The van der Waals surface area contributed by atoms with Gasteiger partial charge in [-0.25, -0.2) is 18.0 Å². The lowest BCUT2D eigenvalue weighted by Crippen LogP contribution is -2.59. The highest BCUT2D eigenvalue weighted by atomic mass is 19.3. The first-order chi connectivity index (χ1) is 13.7. The number of nitrogens with zero attached hydrogens (tertiary/aromatic N) is 2. The molecule has 6 nitrogen and oxygen atoms in total. The van der Waals surface area contributed by atoms with E-state index in [0.29, 0.717) is 13.2 Å². The van der Waals surface area contributed by atoms with Crippen LogP contribution >= 0.6 is 0 Å². The number of fused-ring (bicyclic) bond motifs is 1. The van der Waals surface area contributed by atoms with Gasteiger partial charge in [-0.15, -0.1) is 0 Å². The van der Waals surface area contributed by atoms with Gasteiger partial charge in [0.1, 0.15) is 11.5 Å². The maximum absolute atomic E-state index is 14.8. The number of aromatic nitrogens is 2. The largest absolute Gasteiger partial charge is 0.320 e. The molecule has 0 bridgehead atoms. The molecule has 0 saturated heterocycles. The molecule has 2 aliphatic rings. The second kappa shape index (κ2) is 6.65. The number of amides is 2. The summed E-state index contributed by atoms with van der Waals surface area (Å²) in [7, 11) is 0. The Hall–Kier alpha value is -3.28. The molecule has 1 aromatic carbocycles. The van der Waals surface area contributed by atoms with Crippen molar-refractivity contribution in [3.63, 3.8) is 0 Å². The number of alkyl halides is 2. The molecule has 1 aliphatic carbocycles. The fourth-order valence-electron chi connectivity index (χ4n) is 3.24. The molecule has 2 N–H and O–H groups in total. The standard InChI is InChI=1S/C20H17F3N4O2/c1-19(22,23)20(6-4-12-2-3-12)15-9-16(21)13(8-17(15)24-18(29)25-20)10-27-7-5-14(11-28)26-27/h5,7-9,11-12H,2-3,10H2,1H3,(H2,24,25,29)/t20-/m0/s1. The summed E-state index contributed by atoms with van der Waals surface area (Å²) in [6, 6.07) is 2.89. The minimum Gasteiger partial charge on any atom is -0.312 e. The third-order valence-corrected chi connectivity index (χ3v) is 4.95. The predicted molar refractivity (Wildman–Crippen MR) is 98.1 cm³/mol. The van der Waals surface area contributed by atoms with Crippen LogP contribution in [0.5, 0.6) is 0 Å². The van der Waals surface area contributed by atoms with Crippen molar-refractivity contribution in [3.05, 3.63) is 47.0 Å². The van der Waals surface area contributed by atoms with E-state index in [4.69, 9.17) is 0 Å². The molecule has 1 saturated carbocycles. The molecule has 2 aromatic rings. The van der Waals surface area contributed by atoms with E-state index in [1.165, 1.54) is 23.0 Å². The van der Waals surface area contributed by atoms with Crippen LogP contribution in [-0.2, 0) is 12.1 Å². The van der Waals surface area contributed by atoms with Gasteiger partial charge in [-0.1, -0.05) is 11.8 Å². The van der Waals surface area contributed by atoms with E-state index >= 15 is 0 Å². The summed E-state index contributed by atoms with van der Waals surface area (Å²) < 4.78 is 45.6. The number of aldehydes is 1. The van der Waals surface area contributed by atoms with E-state index in [-0.39, 0.29) is 35.0 Å². The molecule has 2 amide bonds. The molecule has 2 heterocycles.